The topological polar surface area (TPSA) is 38.0 Å². The highest BCUT2D eigenvalue weighted by Gasteiger charge is 2.17. The molecule has 0 heterocycles. The van der Waals surface area contributed by atoms with Crippen LogP contribution in [0, 0.1) is 6.92 Å². The molecule has 0 atom stereocenters. The summed E-state index contributed by atoms with van der Waals surface area (Å²) in [6.07, 6.45) is 0. The van der Waals surface area contributed by atoms with Crippen LogP contribution in [0.5, 0.6) is 0 Å². The molecule has 0 aromatic heterocycles. The van der Waals surface area contributed by atoms with E-state index in [9.17, 15) is 0 Å². The number of hydrogen-bond acceptors (Lipinski definition) is 2. The Hall–Kier alpha value is -1.96. The van der Waals surface area contributed by atoms with Crippen LogP contribution in [0.25, 0.3) is 0 Å². The van der Waals surface area contributed by atoms with Crippen LogP contribution in [0.1, 0.15) is 31.9 Å². The predicted molar refractivity (Wildman–Crippen MR) is 84.0 cm³/mol. The first-order valence-electron chi connectivity index (χ1n) is 6.61. The molecule has 0 aliphatic carbocycles. The third-order valence-corrected chi connectivity index (χ3v) is 3.33. The normalized spacial score (nSPS) is 11.4. The molecule has 0 amide bonds. The third kappa shape index (κ3) is 2.90. The molecule has 100 valence electrons. The van der Waals surface area contributed by atoms with Gasteiger partial charge in [0.25, 0.3) is 0 Å². The maximum absolute atomic E-state index is 6.13. The van der Waals surface area contributed by atoms with Gasteiger partial charge in [0.15, 0.2) is 0 Å². The van der Waals surface area contributed by atoms with Crippen LogP contribution >= 0.6 is 0 Å². The Morgan fingerprint density at radius 2 is 1.53 bits per heavy atom. The number of para-hydroxylation sites is 2. The molecule has 2 aromatic carbocycles. The molecule has 2 nitrogen and oxygen atoms in total. The molecule has 0 aliphatic rings. The largest absolute Gasteiger partial charge is 0.397 e. The van der Waals surface area contributed by atoms with Crippen molar-refractivity contribution in [3.05, 3.63) is 53.6 Å². The van der Waals surface area contributed by atoms with E-state index < -0.39 is 0 Å². The van der Waals surface area contributed by atoms with Gasteiger partial charge >= 0.3 is 0 Å². The van der Waals surface area contributed by atoms with E-state index in [2.05, 4.69) is 44.3 Å². The van der Waals surface area contributed by atoms with E-state index in [-0.39, 0.29) is 5.41 Å². The SMILES string of the molecule is Cc1cccc(Nc2ccccc2C(C)(C)C)c1N. The zero-order chi connectivity index (χ0) is 14.0. The molecule has 0 saturated heterocycles. The summed E-state index contributed by atoms with van der Waals surface area (Å²) in [5.41, 5.74) is 11.5. The molecule has 0 fully saturated rings. The fourth-order valence-corrected chi connectivity index (χ4v) is 2.18. The van der Waals surface area contributed by atoms with Gasteiger partial charge in [0, 0.05) is 5.69 Å². The maximum atomic E-state index is 6.13. The second-order valence-electron chi connectivity index (χ2n) is 5.96. The van der Waals surface area contributed by atoms with Gasteiger partial charge in [-0.15, -0.1) is 0 Å². The van der Waals surface area contributed by atoms with Gasteiger partial charge in [-0.3, -0.25) is 0 Å². The number of benzene rings is 2. The third-order valence-electron chi connectivity index (χ3n) is 3.33. The highest BCUT2D eigenvalue weighted by Crippen LogP contribution is 2.33. The van der Waals surface area contributed by atoms with Gasteiger partial charge in [-0.1, -0.05) is 51.1 Å². The number of anilines is 3. The summed E-state index contributed by atoms with van der Waals surface area (Å²) in [4.78, 5) is 0. The molecular weight excluding hydrogens is 232 g/mol. The molecular formula is C17H22N2. The number of nitrogens with one attached hydrogen (secondary N) is 1. The van der Waals surface area contributed by atoms with Gasteiger partial charge in [0.1, 0.15) is 0 Å². The average molecular weight is 254 g/mol. The van der Waals surface area contributed by atoms with Crippen molar-refractivity contribution in [3.63, 3.8) is 0 Å². The fraction of sp³-hybridized carbons (Fsp3) is 0.294. The molecule has 3 N–H and O–H groups in total. The number of aryl methyl sites for hydroxylation is 1. The number of nitrogens with two attached hydrogens (primary N) is 1. The van der Waals surface area contributed by atoms with Gasteiger partial charge in [0.05, 0.1) is 11.4 Å². The standard InChI is InChI=1S/C17H22N2/c1-12-8-7-11-15(16(12)18)19-14-10-6-5-9-13(14)17(2,3)4/h5-11,19H,18H2,1-4H3. The summed E-state index contributed by atoms with van der Waals surface area (Å²) in [5.74, 6) is 0. The van der Waals surface area contributed by atoms with Gasteiger partial charge in [-0.25, -0.2) is 0 Å². The number of rotatable bonds is 2. The summed E-state index contributed by atoms with van der Waals surface area (Å²) < 4.78 is 0. The Morgan fingerprint density at radius 1 is 0.895 bits per heavy atom. The molecule has 0 saturated carbocycles. The lowest BCUT2D eigenvalue weighted by atomic mass is 9.86. The van der Waals surface area contributed by atoms with Crippen LogP contribution in [-0.4, -0.2) is 0 Å². The van der Waals surface area contributed by atoms with Crippen molar-refractivity contribution in [3.8, 4) is 0 Å². The van der Waals surface area contributed by atoms with E-state index in [1.54, 1.807) is 0 Å². The van der Waals surface area contributed by atoms with Crippen LogP contribution in [-0.2, 0) is 5.41 Å². The number of nitrogen functional groups attached to an aromatic ring is 1. The summed E-state index contributed by atoms with van der Waals surface area (Å²) in [6, 6.07) is 14.4. The highest BCUT2D eigenvalue weighted by molar-refractivity contribution is 5.76. The van der Waals surface area contributed by atoms with Crippen LogP contribution in [0.2, 0.25) is 0 Å². The minimum atomic E-state index is 0.0994. The van der Waals surface area contributed by atoms with Crippen molar-refractivity contribution in [2.75, 3.05) is 11.1 Å². The molecule has 0 aliphatic heterocycles. The van der Waals surface area contributed by atoms with Gasteiger partial charge in [-0.05, 0) is 35.6 Å². The van der Waals surface area contributed by atoms with E-state index in [1.165, 1.54) is 5.56 Å². The first-order valence-corrected chi connectivity index (χ1v) is 6.61. The Morgan fingerprint density at radius 3 is 2.21 bits per heavy atom. The quantitative estimate of drug-likeness (QED) is 0.767. The van der Waals surface area contributed by atoms with Gasteiger partial charge in [-0.2, -0.15) is 0 Å². The zero-order valence-corrected chi connectivity index (χ0v) is 12.1. The van der Waals surface area contributed by atoms with E-state index in [0.29, 0.717) is 0 Å². The molecule has 2 heteroatoms. The summed E-state index contributed by atoms with van der Waals surface area (Å²) in [6.45, 7) is 8.67. The fourth-order valence-electron chi connectivity index (χ4n) is 2.18. The van der Waals surface area contributed by atoms with Crippen molar-refractivity contribution in [2.24, 2.45) is 0 Å². The monoisotopic (exact) mass is 254 g/mol. The average Bonchev–Trinajstić information content (AvgIpc) is 2.34. The van der Waals surface area contributed by atoms with Crippen LogP contribution in [0.3, 0.4) is 0 Å². The lowest BCUT2D eigenvalue weighted by Crippen LogP contribution is -2.13. The maximum Gasteiger partial charge on any atom is 0.0620 e. The smallest absolute Gasteiger partial charge is 0.0620 e. The van der Waals surface area contributed by atoms with E-state index in [4.69, 9.17) is 5.73 Å². The molecule has 0 spiro atoms. The predicted octanol–water partition coefficient (Wildman–Crippen LogP) is 4.62. The molecule has 2 aromatic rings. The Bertz CT molecular complexity index is 580. The zero-order valence-electron chi connectivity index (χ0n) is 12.1. The summed E-state index contributed by atoms with van der Waals surface area (Å²) in [7, 11) is 0. The highest BCUT2D eigenvalue weighted by atomic mass is 14.9. The molecule has 0 radical (unpaired) electrons. The van der Waals surface area contributed by atoms with Crippen LogP contribution < -0.4 is 11.1 Å². The van der Waals surface area contributed by atoms with Crippen molar-refractivity contribution in [1.82, 2.24) is 0 Å². The van der Waals surface area contributed by atoms with Crippen molar-refractivity contribution >= 4 is 17.1 Å². The van der Waals surface area contributed by atoms with Crippen molar-refractivity contribution < 1.29 is 0 Å². The number of hydrogen-bond donors (Lipinski definition) is 2. The first kappa shape index (κ1) is 13.5. The minimum Gasteiger partial charge on any atom is -0.397 e. The first-order chi connectivity index (χ1) is 8.89. The summed E-state index contributed by atoms with van der Waals surface area (Å²) >= 11 is 0. The van der Waals surface area contributed by atoms with E-state index in [1.807, 2.05) is 31.2 Å². The molecule has 2 rings (SSSR count). The van der Waals surface area contributed by atoms with Crippen LogP contribution in [0.15, 0.2) is 42.5 Å². The lowest BCUT2D eigenvalue weighted by molar-refractivity contribution is 0.592. The summed E-state index contributed by atoms with van der Waals surface area (Å²) in [5, 5.41) is 3.46. The second kappa shape index (κ2) is 4.96. The Balaban J connectivity index is 2.42. The van der Waals surface area contributed by atoms with Crippen molar-refractivity contribution in [2.45, 2.75) is 33.1 Å². The van der Waals surface area contributed by atoms with E-state index >= 15 is 0 Å². The molecule has 19 heavy (non-hydrogen) atoms. The lowest BCUT2D eigenvalue weighted by Gasteiger charge is -2.24. The molecule has 0 unspecified atom stereocenters. The van der Waals surface area contributed by atoms with E-state index in [0.717, 1.165) is 22.6 Å². The Kier molecular flexibility index (Phi) is 3.52. The Labute approximate surface area is 115 Å². The van der Waals surface area contributed by atoms with Crippen LogP contribution in [0.4, 0.5) is 17.1 Å². The minimum absolute atomic E-state index is 0.0994. The van der Waals surface area contributed by atoms with Crippen molar-refractivity contribution in [1.29, 1.82) is 0 Å². The van der Waals surface area contributed by atoms with Gasteiger partial charge in [0.2, 0.25) is 0 Å². The second-order valence-corrected chi connectivity index (χ2v) is 5.96. The van der Waals surface area contributed by atoms with Gasteiger partial charge < -0.3 is 11.1 Å². The molecule has 0 bridgehead atoms.